The molecular weight excluding hydrogens is 237 g/mol. The zero-order valence-corrected chi connectivity index (χ0v) is 11.3. The maximum Gasteiger partial charge on any atom is 0.116 e. The molecule has 98 valence electrons. The van der Waals surface area contributed by atoms with Crippen LogP contribution < -0.4 is 0 Å². The van der Waals surface area contributed by atoms with Crippen LogP contribution in [0.25, 0.3) is 10.9 Å². The number of pyridine rings is 1. The molecule has 0 fully saturated rings. The summed E-state index contributed by atoms with van der Waals surface area (Å²) in [6.07, 6.45) is 7.34. The number of benzene rings is 1. The van der Waals surface area contributed by atoms with Crippen LogP contribution in [-0.2, 0) is 6.42 Å². The Kier molecular flexibility index (Phi) is 4.45. The Morgan fingerprint density at radius 1 is 1.32 bits per heavy atom. The van der Waals surface area contributed by atoms with E-state index < -0.39 is 6.17 Å². The molecule has 2 rings (SSSR count). The lowest BCUT2D eigenvalue weighted by Crippen LogP contribution is -1.88. The normalized spacial score (nSPS) is 14.2. The Labute approximate surface area is 113 Å². The lowest BCUT2D eigenvalue weighted by molar-refractivity contribution is 0.429. The van der Waals surface area contributed by atoms with Gasteiger partial charge in [0.15, 0.2) is 0 Å². The van der Waals surface area contributed by atoms with Gasteiger partial charge in [0.1, 0.15) is 6.17 Å². The smallest absolute Gasteiger partial charge is 0.116 e. The lowest BCUT2D eigenvalue weighted by atomic mass is 10.1. The minimum atomic E-state index is -0.899. The minimum absolute atomic E-state index is 0.806. The van der Waals surface area contributed by atoms with Crippen LogP contribution >= 0.6 is 0 Å². The molecule has 1 aromatic carbocycles. The Bertz CT molecular complexity index is 606. The summed E-state index contributed by atoms with van der Waals surface area (Å²) in [5.74, 6) is 0. The fourth-order valence-electron chi connectivity index (χ4n) is 2.12. The van der Waals surface area contributed by atoms with Crippen molar-refractivity contribution in [3.8, 4) is 0 Å². The number of alkyl halides is 1. The number of nitrogens with zero attached hydrogens (tertiary/aromatic N) is 1. The van der Waals surface area contributed by atoms with Crippen molar-refractivity contribution in [3.63, 3.8) is 0 Å². The highest BCUT2D eigenvalue weighted by atomic mass is 19.1. The molecular formula is C17H18FN. The molecule has 0 N–H and O–H groups in total. The summed E-state index contributed by atoms with van der Waals surface area (Å²) < 4.78 is 12.8. The minimum Gasteiger partial charge on any atom is -0.256 e. The van der Waals surface area contributed by atoms with E-state index in [1.165, 1.54) is 12.5 Å². The topological polar surface area (TPSA) is 12.9 Å². The number of fused-ring (bicyclic) bond motifs is 1. The summed E-state index contributed by atoms with van der Waals surface area (Å²) in [7, 11) is 0. The summed E-state index contributed by atoms with van der Waals surface area (Å²) >= 11 is 0. The van der Waals surface area contributed by atoms with Crippen molar-refractivity contribution in [1.29, 1.82) is 0 Å². The van der Waals surface area contributed by atoms with E-state index in [0.717, 1.165) is 22.9 Å². The predicted octanol–water partition coefficient (Wildman–Crippen LogP) is 4.64. The SMILES string of the molecule is CC(/C=C\Cc1cccc2cccnc12)=C/C(C)F. The third-order valence-electron chi connectivity index (χ3n) is 2.93. The van der Waals surface area contributed by atoms with Gasteiger partial charge in [-0.3, -0.25) is 4.98 Å². The van der Waals surface area contributed by atoms with Gasteiger partial charge in [0.05, 0.1) is 5.52 Å². The van der Waals surface area contributed by atoms with Crippen molar-refractivity contribution in [2.75, 3.05) is 0 Å². The molecule has 0 aliphatic heterocycles. The van der Waals surface area contributed by atoms with E-state index in [2.05, 4.69) is 29.3 Å². The molecule has 1 nitrogen and oxygen atoms in total. The Morgan fingerprint density at radius 3 is 2.89 bits per heavy atom. The van der Waals surface area contributed by atoms with Crippen LogP contribution in [0.2, 0.25) is 0 Å². The van der Waals surface area contributed by atoms with Gasteiger partial charge in [0.25, 0.3) is 0 Å². The number of hydrogen-bond donors (Lipinski definition) is 0. The number of halogens is 1. The van der Waals surface area contributed by atoms with Gasteiger partial charge in [0.2, 0.25) is 0 Å². The molecule has 1 atom stereocenters. The fraction of sp³-hybridized carbons (Fsp3) is 0.235. The highest BCUT2D eigenvalue weighted by Crippen LogP contribution is 2.16. The third kappa shape index (κ3) is 3.75. The van der Waals surface area contributed by atoms with Crippen LogP contribution in [0.1, 0.15) is 19.4 Å². The highest BCUT2D eigenvalue weighted by Gasteiger charge is 1.99. The molecule has 2 heteroatoms. The van der Waals surface area contributed by atoms with Crippen LogP contribution in [0, 0.1) is 0 Å². The molecule has 0 bridgehead atoms. The second kappa shape index (κ2) is 6.28. The third-order valence-corrected chi connectivity index (χ3v) is 2.93. The summed E-state index contributed by atoms with van der Waals surface area (Å²) in [5, 5.41) is 1.15. The molecule has 0 amide bonds. The summed E-state index contributed by atoms with van der Waals surface area (Å²) in [5.41, 5.74) is 3.17. The molecule has 1 heterocycles. The molecule has 0 aliphatic rings. The molecule has 1 unspecified atom stereocenters. The Morgan fingerprint density at radius 2 is 2.11 bits per heavy atom. The van der Waals surface area contributed by atoms with Gasteiger partial charge in [-0.15, -0.1) is 0 Å². The first-order chi connectivity index (χ1) is 9.16. The first kappa shape index (κ1) is 13.5. The molecule has 0 saturated carbocycles. The van der Waals surface area contributed by atoms with E-state index in [1.807, 2.05) is 31.3 Å². The summed E-state index contributed by atoms with van der Waals surface area (Å²) in [6.45, 7) is 3.44. The standard InChI is InChI=1S/C17H18FN/c1-13(12-14(2)18)6-3-7-15-8-4-9-16-10-5-11-19-17(15)16/h3-6,8-12,14H,7H2,1-2H3/b6-3-,13-12-. The van der Waals surface area contributed by atoms with Gasteiger partial charge in [-0.1, -0.05) is 42.0 Å². The molecule has 0 spiro atoms. The molecule has 0 aliphatic carbocycles. The van der Waals surface area contributed by atoms with Gasteiger partial charge >= 0.3 is 0 Å². The average Bonchev–Trinajstić information content (AvgIpc) is 2.38. The molecule has 2 aromatic rings. The van der Waals surface area contributed by atoms with Crippen LogP contribution in [0.5, 0.6) is 0 Å². The quantitative estimate of drug-likeness (QED) is 0.725. The number of aromatic nitrogens is 1. The number of rotatable bonds is 4. The predicted molar refractivity (Wildman–Crippen MR) is 78.9 cm³/mol. The second-order valence-corrected chi connectivity index (χ2v) is 4.69. The van der Waals surface area contributed by atoms with E-state index in [-0.39, 0.29) is 0 Å². The molecule has 1 aromatic heterocycles. The van der Waals surface area contributed by atoms with Gasteiger partial charge in [-0.2, -0.15) is 0 Å². The lowest BCUT2D eigenvalue weighted by Gasteiger charge is -2.02. The zero-order chi connectivity index (χ0) is 13.7. The van der Waals surface area contributed by atoms with E-state index in [1.54, 1.807) is 6.08 Å². The first-order valence-corrected chi connectivity index (χ1v) is 6.48. The largest absolute Gasteiger partial charge is 0.256 e. The van der Waals surface area contributed by atoms with Gasteiger partial charge in [0, 0.05) is 11.6 Å². The van der Waals surface area contributed by atoms with Gasteiger partial charge in [-0.05, 0) is 38.0 Å². The fourth-order valence-corrected chi connectivity index (χ4v) is 2.12. The van der Waals surface area contributed by atoms with Crippen molar-refractivity contribution in [3.05, 3.63) is 65.9 Å². The van der Waals surface area contributed by atoms with Gasteiger partial charge < -0.3 is 0 Å². The second-order valence-electron chi connectivity index (χ2n) is 4.69. The number of allylic oxidation sites excluding steroid dienone is 4. The van der Waals surface area contributed by atoms with E-state index in [0.29, 0.717) is 0 Å². The average molecular weight is 255 g/mol. The highest BCUT2D eigenvalue weighted by molar-refractivity contribution is 5.81. The van der Waals surface area contributed by atoms with Crippen LogP contribution in [0.3, 0.4) is 0 Å². The van der Waals surface area contributed by atoms with Crippen LogP contribution in [0.4, 0.5) is 4.39 Å². The number of para-hydroxylation sites is 1. The van der Waals surface area contributed by atoms with Crippen molar-refractivity contribution in [2.45, 2.75) is 26.4 Å². The molecule has 0 saturated heterocycles. The van der Waals surface area contributed by atoms with Crippen molar-refractivity contribution in [2.24, 2.45) is 0 Å². The van der Waals surface area contributed by atoms with Crippen molar-refractivity contribution >= 4 is 10.9 Å². The van der Waals surface area contributed by atoms with Gasteiger partial charge in [-0.25, -0.2) is 4.39 Å². The van der Waals surface area contributed by atoms with E-state index >= 15 is 0 Å². The number of hydrogen-bond acceptors (Lipinski definition) is 1. The van der Waals surface area contributed by atoms with E-state index in [9.17, 15) is 4.39 Å². The van der Waals surface area contributed by atoms with E-state index in [4.69, 9.17) is 0 Å². The monoisotopic (exact) mass is 255 g/mol. The maximum absolute atomic E-state index is 12.8. The molecule has 19 heavy (non-hydrogen) atoms. The zero-order valence-electron chi connectivity index (χ0n) is 11.3. The van der Waals surface area contributed by atoms with Crippen LogP contribution in [-0.4, -0.2) is 11.2 Å². The summed E-state index contributed by atoms with van der Waals surface area (Å²) in [6, 6.07) is 10.2. The Hall–Kier alpha value is -1.96. The first-order valence-electron chi connectivity index (χ1n) is 6.48. The Balaban J connectivity index is 2.16. The maximum atomic E-state index is 12.8. The van der Waals surface area contributed by atoms with Crippen molar-refractivity contribution < 1.29 is 4.39 Å². The van der Waals surface area contributed by atoms with Crippen molar-refractivity contribution in [1.82, 2.24) is 4.98 Å². The van der Waals surface area contributed by atoms with Crippen LogP contribution in [0.15, 0.2) is 60.3 Å². The summed E-state index contributed by atoms with van der Waals surface area (Å²) in [4.78, 5) is 4.42. The molecule has 0 radical (unpaired) electrons.